The molecular weight excluding hydrogens is 507 g/mol. The second-order valence-corrected chi connectivity index (χ2v) is 11.3. The summed E-state index contributed by atoms with van der Waals surface area (Å²) in [4.78, 5) is 22.1. The van der Waals surface area contributed by atoms with Gasteiger partial charge in [0.25, 0.3) is 0 Å². The molecule has 0 unspecified atom stereocenters. The third-order valence-corrected chi connectivity index (χ3v) is 8.41. The fraction of sp³-hybridized carbons (Fsp3) is 0.185. The molecule has 5 rings (SSSR count). The van der Waals surface area contributed by atoms with Crippen molar-refractivity contribution in [2.75, 3.05) is 16.8 Å². The Balaban J connectivity index is 1.26. The lowest BCUT2D eigenvalue weighted by Crippen LogP contribution is -2.14. The predicted octanol–water partition coefficient (Wildman–Crippen LogP) is 7.17. The van der Waals surface area contributed by atoms with Gasteiger partial charge in [0, 0.05) is 17.0 Å². The summed E-state index contributed by atoms with van der Waals surface area (Å²) in [5, 5.41) is 8.25. The van der Waals surface area contributed by atoms with Gasteiger partial charge in [-0.15, -0.1) is 16.4 Å². The van der Waals surface area contributed by atoms with E-state index in [2.05, 4.69) is 22.3 Å². The number of rotatable bonds is 10. The Bertz CT molecular complexity index is 1390. The van der Waals surface area contributed by atoms with Gasteiger partial charge in [0.05, 0.1) is 21.7 Å². The Kier molecular flexibility index (Phi) is 8.00. The number of thioether (sulfide) groups is 2. The van der Waals surface area contributed by atoms with Crippen LogP contribution in [0.25, 0.3) is 27.3 Å². The van der Waals surface area contributed by atoms with Gasteiger partial charge < -0.3 is 5.32 Å². The summed E-state index contributed by atoms with van der Waals surface area (Å²) < 4.78 is 3.98. The summed E-state index contributed by atoms with van der Waals surface area (Å²) in [5.74, 6) is 1.94. The minimum Gasteiger partial charge on any atom is -0.325 e. The number of hydrogen-bond acceptors (Lipinski definition) is 7. The molecule has 0 aliphatic heterocycles. The average Bonchev–Trinajstić information content (AvgIpc) is 3.52. The number of nitrogens with one attached hydrogen (secondary N) is 1. The predicted molar refractivity (Wildman–Crippen MR) is 151 cm³/mol. The van der Waals surface area contributed by atoms with E-state index in [4.69, 9.17) is 4.98 Å². The van der Waals surface area contributed by atoms with Gasteiger partial charge in [-0.2, -0.15) is 0 Å². The topological polar surface area (TPSA) is 72.7 Å². The van der Waals surface area contributed by atoms with Gasteiger partial charge in [0.2, 0.25) is 11.1 Å². The third kappa shape index (κ3) is 5.98. The fourth-order valence-electron chi connectivity index (χ4n) is 3.55. The molecule has 182 valence electrons. The highest BCUT2D eigenvalue weighted by atomic mass is 32.2. The van der Waals surface area contributed by atoms with E-state index in [1.807, 2.05) is 83.5 Å². The summed E-state index contributed by atoms with van der Waals surface area (Å²) >= 11 is 4.79. The summed E-state index contributed by atoms with van der Waals surface area (Å²) in [5.41, 5.74) is 3.63. The van der Waals surface area contributed by atoms with Crippen molar-refractivity contribution in [1.82, 2.24) is 19.7 Å². The summed E-state index contributed by atoms with van der Waals surface area (Å²) in [6, 6.07) is 25.7. The van der Waals surface area contributed by atoms with Crippen LogP contribution in [-0.4, -0.2) is 37.2 Å². The molecule has 0 atom stereocenters. The van der Waals surface area contributed by atoms with Crippen LogP contribution in [0.2, 0.25) is 0 Å². The van der Waals surface area contributed by atoms with Crippen molar-refractivity contribution < 1.29 is 4.79 Å². The van der Waals surface area contributed by atoms with E-state index in [1.54, 1.807) is 23.1 Å². The van der Waals surface area contributed by atoms with Crippen molar-refractivity contribution in [3.8, 4) is 17.1 Å². The summed E-state index contributed by atoms with van der Waals surface area (Å²) in [6.07, 6.45) is 2.37. The van der Waals surface area contributed by atoms with Crippen LogP contribution in [0.4, 0.5) is 5.69 Å². The SMILES string of the molecule is CCCCSc1nc2ccc(NC(=O)CSc3nc(-c4ccccc4)n(-c4ccccc4)n3)cc2s1. The van der Waals surface area contributed by atoms with Crippen molar-refractivity contribution in [3.05, 3.63) is 78.9 Å². The van der Waals surface area contributed by atoms with Crippen LogP contribution in [0.5, 0.6) is 0 Å². The summed E-state index contributed by atoms with van der Waals surface area (Å²) in [7, 11) is 0. The molecule has 6 nitrogen and oxygen atoms in total. The molecule has 0 saturated carbocycles. The van der Waals surface area contributed by atoms with E-state index in [9.17, 15) is 4.79 Å². The van der Waals surface area contributed by atoms with E-state index < -0.39 is 0 Å². The van der Waals surface area contributed by atoms with Crippen molar-refractivity contribution in [2.24, 2.45) is 0 Å². The van der Waals surface area contributed by atoms with Crippen LogP contribution in [0.3, 0.4) is 0 Å². The second kappa shape index (κ2) is 11.7. The Morgan fingerprint density at radius 2 is 1.75 bits per heavy atom. The van der Waals surface area contributed by atoms with Crippen LogP contribution < -0.4 is 5.32 Å². The lowest BCUT2D eigenvalue weighted by atomic mass is 10.2. The van der Waals surface area contributed by atoms with Gasteiger partial charge in [-0.05, 0) is 36.8 Å². The van der Waals surface area contributed by atoms with Crippen LogP contribution in [0.15, 0.2) is 88.4 Å². The molecule has 9 heteroatoms. The standard InChI is InChI=1S/C27H25N5OS3/c1-2-3-16-34-27-29-22-15-14-20(17-23(22)36-27)28-24(33)18-35-26-30-25(19-10-6-4-7-11-19)32(31-26)21-12-8-5-9-13-21/h4-15,17H,2-3,16,18H2,1H3,(H,28,33). The van der Waals surface area contributed by atoms with E-state index in [-0.39, 0.29) is 11.7 Å². The zero-order valence-corrected chi connectivity index (χ0v) is 22.2. The number of benzene rings is 3. The highest BCUT2D eigenvalue weighted by Gasteiger charge is 2.15. The largest absolute Gasteiger partial charge is 0.325 e. The Morgan fingerprint density at radius 3 is 2.53 bits per heavy atom. The van der Waals surface area contributed by atoms with Crippen LogP contribution >= 0.6 is 34.9 Å². The molecule has 2 heterocycles. The monoisotopic (exact) mass is 531 g/mol. The maximum absolute atomic E-state index is 12.7. The lowest BCUT2D eigenvalue weighted by molar-refractivity contribution is -0.113. The smallest absolute Gasteiger partial charge is 0.234 e. The van der Waals surface area contributed by atoms with Crippen molar-refractivity contribution in [1.29, 1.82) is 0 Å². The van der Waals surface area contributed by atoms with Gasteiger partial charge in [-0.1, -0.05) is 85.4 Å². The first-order valence-corrected chi connectivity index (χ1v) is 14.5. The Hall–Kier alpha value is -3.14. The number of aromatic nitrogens is 4. The number of anilines is 1. The first-order chi connectivity index (χ1) is 17.7. The quantitative estimate of drug-likeness (QED) is 0.152. The number of hydrogen-bond donors (Lipinski definition) is 1. The van der Waals surface area contributed by atoms with Gasteiger partial charge in [-0.25, -0.2) is 14.6 Å². The van der Waals surface area contributed by atoms with E-state index in [1.165, 1.54) is 24.6 Å². The number of para-hydroxylation sites is 1. The molecule has 0 bridgehead atoms. The van der Waals surface area contributed by atoms with Crippen LogP contribution in [0.1, 0.15) is 19.8 Å². The Morgan fingerprint density at radius 1 is 0.972 bits per heavy atom. The van der Waals surface area contributed by atoms with Gasteiger partial charge in [0.1, 0.15) is 0 Å². The minimum atomic E-state index is -0.0984. The normalized spacial score (nSPS) is 11.1. The highest BCUT2D eigenvalue weighted by Crippen LogP contribution is 2.32. The first-order valence-electron chi connectivity index (χ1n) is 11.7. The zero-order valence-electron chi connectivity index (χ0n) is 19.8. The van der Waals surface area contributed by atoms with Crippen LogP contribution in [0, 0.1) is 0 Å². The van der Waals surface area contributed by atoms with Gasteiger partial charge >= 0.3 is 0 Å². The molecular formula is C27H25N5OS3. The van der Waals surface area contributed by atoms with Gasteiger partial charge in [-0.3, -0.25) is 4.79 Å². The molecule has 2 aromatic heterocycles. The molecule has 0 radical (unpaired) electrons. The molecule has 36 heavy (non-hydrogen) atoms. The number of fused-ring (bicyclic) bond motifs is 1. The number of nitrogens with zero attached hydrogens (tertiary/aromatic N) is 4. The summed E-state index contributed by atoms with van der Waals surface area (Å²) in [6.45, 7) is 2.19. The third-order valence-electron chi connectivity index (χ3n) is 5.33. The van der Waals surface area contributed by atoms with Crippen molar-refractivity contribution in [2.45, 2.75) is 29.3 Å². The number of carbonyl (C=O) groups excluding carboxylic acids is 1. The fourth-order valence-corrected chi connectivity index (χ4v) is 6.44. The molecule has 0 saturated heterocycles. The Labute approximate surface area is 222 Å². The van der Waals surface area contributed by atoms with Gasteiger partial charge in [0.15, 0.2) is 10.2 Å². The maximum Gasteiger partial charge on any atom is 0.234 e. The molecule has 0 aliphatic carbocycles. The van der Waals surface area contributed by atoms with Crippen molar-refractivity contribution >= 4 is 56.7 Å². The zero-order chi connectivity index (χ0) is 24.7. The number of amides is 1. The lowest BCUT2D eigenvalue weighted by Gasteiger charge is -2.05. The molecule has 3 aromatic carbocycles. The molecule has 0 aliphatic rings. The minimum absolute atomic E-state index is 0.0984. The average molecular weight is 532 g/mol. The molecule has 1 amide bonds. The number of carbonyl (C=O) groups is 1. The highest BCUT2D eigenvalue weighted by molar-refractivity contribution is 8.01. The van der Waals surface area contributed by atoms with E-state index in [0.29, 0.717) is 5.16 Å². The molecule has 0 spiro atoms. The maximum atomic E-state index is 12.7. The van der Waals surface area contributed by atoms with Crippen molar-refractivity contribution in [3.63, 3.8) is 0 Å². The van der Waals surface area contributed by atoms with E-state index in [0.717, 1.165) is 43.1 Å². The second-order valence-electron chi connectivity index (χ2n) is 8.03. The number of thiazole rings is 1. The molecule has 1 N–H and O–H groups in total. The first kappa shape index (κ1) is 24.5. The molecule has 5 aromatic rings. The van der Waals surface area contributed by atoms with E-state index >= 15 is 0 Å². The van der Waals surface area contributed by atoms with Crippen LogP contribution in [-0.2, 0) is 4.79 Å². The number of unbranched alkanes of at least 4 members (excludes halogenated alkanes) is 1. The molecule has 0 fully saturated rings.